The highest BCUT2D eigenvalue weighted by Gasteiger charge is 2.36. The van der Waals surface area contributed by atoms with E-state index in [-0.39, 0.29) is 40.4 Å². The standard InChI is InChI=1S/C18H19N5O6S/c1-18(2,3)29-16(26)20-12(19)13-21-22-17(30-13)27-8-9-28-23-14(24)10-6-4-5-7-11(10)15(23)25/h4-7H,8-9H2,1-3H3,(H2,19,20,26). The van der Waals surface area contributed by atoms with Gasteiger partial charge in [0.2, 0.25) is 0 Å². The molecule has 3 rings (SSSR count). The Morgan fingerprint density at radius 2 is 1.77 bits per heavy atom. The number of ether oxygens (including phenoxy) is 2. The Hall–Kier alpha value is -3.38. The summed E-state index contributed by atoms with van der Waals surface area (Å²) in [7, 11) is 0. The van der Waals surface area contributed by atoms with Crippen LogP contribution in [0.15, 0.2) is 24.3 Å². The van der Waals surface area contributed by atoms with Gasteiger partial charge in [-0.1, -0.05) is 28.6 Å². The number of alkyl carbamates (subject to hydrolysis) is 1. The number of hydroxylamine groups is 2. The number of rotatable bonds is 6. The number of benzene rings is 1. The van der Waals surface area contributed by atoms with Crippen LogP contribution in [-0.4, -0.2) is 57.8 Å². The van der Waals surface area contributed by atoms with Crippen LogP contribution in [0.25, 0.3) is 0 Å². The Labute approximate surface area is 175 Å². The van der Waals surface area contributed by atoms with Crippen LogP contribution in [-0.2, 0) is 9.57 Å². The molecule has 0 fully saturated rings. The number of carbonyl (C=O) groups is 3. The lowest BCUT2D eigenvalue weighted by Crippen LogP contribution is -2.36. The van der Waals surface area contributed by atoms with E-state index in [4.69, 9.17) is 19.7 Å². The van der Waals surface area contributed by atoms with E-state index in [2.05, 4.69) is 15.5 Å². The minimum Gasteiger partial charge on any atom is -0.466 e. The first kappa shape index (κ1) is 21.3. The van der Waals surface area contributed by atoms with Crippen molar-refractivity contribution in [1.29, 1.82) is 5.41 Å². The van der Waals surface area contributed by atoms with Crippen LogP contribution in [0, 0.1) is 5.41 Å². The van der Waals surface area contributed by atoms with Gasteiger partial charge >= 0.3 is 6.09 Å². The maximum Gasteiger partial charge on any atom is 0.413 e. The van der Waals surface area contributed by atoms with Crippen molar-refractivity contribution in [1.82, 2.24) is 20.6 Å². The third-order valence-electron chi connectivity index (χ3n) is 3.53. The van der Waals surface area contributed by atoms with Crippen LogP contribution in [0.2, 0.25) is 0 Å². The Morgan fingerprint density at radius 1 is 1.13 bits per heavy atom. The summed E-state index contributed by atoms with van der Waals surface area (Å²) < 4.78 is 10.4. The van der Waals surface area contributed by atoms with Gasteiger partial charge in [0.25, 0.3) is 17.0 Å². The van der Waals surface area contributed by atoms with Gasteiger partial charge in [0.1, 0.15) is 18.8 Å². The SMILES string of the molecule is CC(C)(C)OC(=O)NC(=N)c1nnc(OCCON2C(=O)c3ccccc3C2=O)s1. The van der Waals surface area contributed by atoms with Gasteiger partial charge in [0.05, 0.1) is 11.1 Å². The average molecular weight is 433 g/mol. The van der Waals surface area contributed by atoms with Crippen LogP contribution < -0.4 is 10.1 Å². The van der Waals surface area contributed by atoms with E-state index in [9.17, 15) is 14.4 Å². The molecule has 0 bridgehead atoms. The average Bonchev–Trinajstić information content (AvgIpc) is 3.22. The van der Waals surface area contributed by atoms with Gasteiger partial charge < -0.3 is 9.47 Å². The topological polar surface area (TPSA) is 144 Å². The third-order valence-corrected chi connectivity index (χ3v) is 4.39. The molecule has 0 unspecified atom stereocenters. The minimum atomic E-state index is -0.778. The molecule has 1 aliphatic rings. The molecule has 1 aliphatic heterocycles. The van der Waals surface area contributed by atoms with E-state index in [0.29, 0.717) is 5.06 Å². The van der Waals surface area contributed by atoms with E-state index in [1.54, 1.807) is 45.0 Å². The molecule has 2 N–H and O–H groups in total. The fourth-order valence-electron chi connectivity index (χ4n) is 2.37. The van der Waals surface area contributed by atoms with Crippen molar-refractivity contribution in [2.75, 3.05) is 13.2 Å². The van der Waals surface area contributed by atoms with Gasteiger partial charge in [0.15, 0.2) is 10.8 Å². The molecule has 2 heterocycles. The number of nitrogens with one attached hydrogen (secondary N) is 2. The lowest BCUT2D eigenvalue weighted by atomic mass is 10.1. The van der Waals surface area contributed by atoms with E-state index in [1.165, 1.54) is 0 Å². The number of hydrogen-bond acceptors (Lipinski definition) is 10. The quantitative estimate of drug-likeness (QED) is 0.305. The molecule has 0 saturated carbocycles. The van der Waals surface area contributed by atoms with Gasteiger partial charge in [-0.25, -0.2) is 4.79 Å². The molecule has 0 spiro atoms. The van der Waals surface area contributed by atoms with Crippen LogP contribution in [0.3, 0.4) is 0 Å². The molecule has 3 amide bonds. The van der Waals surface area contributed by atoms with Crippen molar-refractivity contribution in [3.63, 3.8) is 0 Å². The zero-order chi connectivity index (χ0) is 21.9. The van der Waals surface area contributed by atoms with E-state index >= 15 is 0 Å². The molecule has 0 saturated heterocycles. The first-order valence-electron chi connectivity index (χ1n) is 8.81. The highest BCUT2D eigenvalue weighted by molar-refractivity contribution is 7.15. The van der Waals surface area contributed by atoms with Gasteiger partial charge in [-0.05, 0) is 32.9 Å². The molecular weight excluding hydrogens is 414 g/mol. The molecule has 12 heteroatoms. The number of imide groups is 1. The lowest BCUT2D eigenvalue weighted by Gasteiger charge is -2.19. The van der Waals surface area contributed by atoms with Crippen LogP contribution >= 0.6 is 11.3 Å². The Kier molecular flexibility index (Phi) is 6.08. The molecule has 11 nitrogen and oxygen atoms in total. The zero-order valence-electron chi connectivity index (χ0n) is 16.4. The normalized spacial score (nSPS) is 13.2. The van der Waals surface area contributed by atoms with E-state index in [1.807, 2.05) is 0 Å². The highest BCUT2D eigenvalue weighted by atomic mass is 32.1. The summed E-state index contributed by atoms with van der Waals surface area (Å²) in [5, 5.41) is 18.6. The highest BCUT2D eigenvalue weighted by Crippen LogP contribution is 2.23. The van der Waals surface area contributed by atoms with Crippen LogP contribution in [0.1, 0.15) is 46.5 Å². The fourth-order valence-corrected chi connectivity index (χ4v) is 2.99. The summed E-state index contributed by atoms with van der Waals surface area (Å²) in [5.74, 6) is -1.34. The second kappa shape index (κ2) is 8.55. The van der Waals surface area contributed by atoms with Crippen LogP contribution in [0.5, 0.6) is 5.19 Å². The van der Waals surface area contributed by atoms with Gasteiger partial charge in [-0.15, -0.1) is 10.2 Å². The molecule has 0 aliphatic carbocycles. The zero-order valence-corrected chi connectivity index (χ0v) is 17.2. The number of amides is 3. The number of fused-ring (bicyclic) bond motifs is 1. The molecule has 0 atom stereocenters. The molecule has 2 aromatic rings. The largest absolute Gasteiger partial charge is 0.466 e. The van der Waals surface area contributed by atoms with Gasteiger partial charge in [0, 0.05) is 0 Å². The second-order valence-electron chi connectivity index (χ2n) is 7.01. The summed E-state index contributed by atoms with van der Waals surface area (Å²) in [6.45, 7) is 5.01. The van der Waals surface area contributed by atoms with Crippen molar-refractivity contribution in [2.24, 2.45) is 0 Å². The third kappa shape index (κ3) is 4.96. The summed E-state index contributed by atoms with van der Waals surface area (Å²) >= 11 is 0.932. The second-order valence-corrected chi connectivity index (χ2v) is 7.95. The Balaban J connectivity index is 1.45. The predicted octanol–water partition coefficient (Wildman–Crippen LogP) is 1.99. The molecule has 158 valence electrons. The first-order chi connectivity index (χ1) is 14.2. The summed E-state index contributed by atoms with van der Waals surface area (Å²) in [4.78, 5) is 41.3. The van der Waals surface area contributed by atoms with Gasteiger partial charge in [-0.2, -0.15) is 0 Å². The number of aromatic nitrogens is 2. The number of amidine groups is 1. The van der Waals surface area contributed by atoms with Crippen molar-refractivity contribution >= 4 is 35.1 Å². The van der Waals surface area contributed by atoms with Crippen molar-refractivity contribution in [3.8, 4) is 5.19 Å². The maximum atomic E-state index is 12.2. The molecule has 1 aromatic carbocycles. The van der Waals surface area contributed by atoms with Crippen LogP contribution in [0.4, 0.5) is 4.79 Å². The van der Waals surface area contributed by atoms with Crippen molar-refractivity contribution in [3.05, 3.63) is 40.4 Å². The minimum absolute atomic E-state index is 0.0190. The number of hydrogen-bond donors (Lipinski definition) is 2. The van der Waals surface area contributed by atoms with E-state index in [0.717, 1.165) is 11.3 Å². The summed E-state index contributed by atoms with van der Waals surface area (Å²) in [5.41, 5.74) is -0.124. The molecule has 0 radical (unpaired) electrons. The monoisotopic (exact) mass is 433 g/mol. The number of carbonyl (C=O) groups excluding carboxylic acids is 3. The first-order valence-corrected chi connectivity index (χ1v) is 9.63. The van der Waals surface area contributed by atoms with Crippen molar-refractivity contribution < 1.29 is 28.7 Å². The van der Waals surface area contributed by atoms with Crippen molar-refractivity contribution in [2.45, 2.75) is 26.4 Å². The molecule has 30 heavy (non-hydrogen) atoms. The smallest absolute Gasteiger partial charge is 0.413 e. The summed E-state index contributed by atoms with van der Waals surface area (Å²) in [6, 6.07) is 6.44. The Bertz CT molecular complexity index is 964. The van der Waals surface area contributed by atoms with E-state index < -0.39 is 23.5 Å². The summed E-state index contributed by atoms with van der Waals surface area (Å²) in [6.07, 6.45) is -0.778. The maximum absolute atomic E-state index is 12.2. The van der Waals surface area contributed by atoms with Gasteiger partial charge in [-0.3, -0.25) is 25.2 Å². The lowest BCUT2D eigenvalue weighted by molar-refractivity contribution is -0.0976. The Morgan fingerprint density at radius 3 is 2.37 bits per heavy atom. The number of nitrogens with zero attached hydrogens (tertiary/aromatic N) is 3. The predicted molar refractivity (Wildman–Crippen MR) is 104 cm³/mol. The molecular formula is C18H19N5O6S. The fraction of sp³-hybridized carbons (Fsp3) is 0.333. The molecule has 1 aromatic heterocycles.